The normalized spacial score (nSPS) is 10.9. The Morgan fingerprint density at radius 3 is 2.57 bits per heavy atom. The van der Waals surface area contributed by atoms with E-state index in [0.29, 0.717) is 0 Å². The second-order valence-corrected chi connectivity index (χ2v) is 2.73. The first-order valence-corrected chi connectivity index (χ1v) is 3.97. The number of alkyl halides is 2. The maximum absolute atomic E-state index is 12.5. The highest BCUT2D eigenvalue weighted by atomic mass is 19.3. The maximum atomic E-state index is 12.5. The summed E-state index contributed by atoms with van der Waals surface area (Å²) < 4.78 is 24.9. The van der Waals surface area contributed by atoms with Crippen molar-refractivity contribution in [3.63, 3.8) is 0 Å². The van der Waals surface area contributed by atoms with Crippen molar-refractivity contribution in [1.29, 1.82) is 0 Å². The van der Waals surface area contributed by atoms with Crippen LogP contribution in [0.4, 0.5) is 14.5 Å². The molecule has 6 heteroatoms. The summed E-state index contributed by atoms with van der Waals surface area (Å²) in [7, 11) is 0. The number of aliphatic hydroxyl groups is 1. The van der Waals surface area contributed by atoms with Crippen molar-refractivity contribution in [3.05, 3.63) is 23.0 Å². The Kier molecular flexibility index (Phi) is 3.32. The van der Waals surface area contributed by atoms with Gasteiger partial charge in [-0.25, -0.2) is 8.78 Å². The molecule has 0 aliphatic carbocycles. The zero-order valence-electron chi connectivity index (χ0n) is 7.37. The fraction of sp³-hybridized carbons (Fsp3) is 0.375. The number of hydrogen-bond donors (Lipinski definition) is 3. The van der Waals surface area contributed by atoms with Crippen molar-refractivity contribution in [2.45, 2.75) is 19.6 Å². The molecule has 0 amide bonds. The standard InChI is InChI=1S/C8H11F2N3O/c9-8(10)7-5(12)1-4(3-14)13-6(7)2-11/h1,8,14H,2-3,11H2,(H2,12,13). The summed E-state index contributed by atoms with van der Waals surface area (Å²) in [6.07, 6.45) is -2.70. The van der Waals surface area contributed by atoms with Crippen molar-refractivity contribution in [2.24, 2.45) is 5.73 Å². The molecule has 0 radical (unpaired) electrons. The van der Waals surface area contributed by atoms with E-state index in [1.54, 1.807) is 0 Å². The van der Waals surface area contributed by atoms with Crippen molar-refractivity contribution in [2.75, 3.05) is 5.73 Å². The lowest BCUT2D eigenvalue weighted by Crippen LogP contribution is -2.10. The molecular weight excluding hydrogens is 192 g/mol. The fourth-order valence-electron chi connectivity index (χ4n) is 1.18. The van der Waals surface area contributed by atoms with E-state index in [9.17, 15) is 8.78 Å². The molecular formula is C8H11F2N3O. The number of nitrogens with two attached hydrogens (primary N) is 2. The van der Waals surface area contributed by atoms with Gasteiger partial charge in [-0.05, 0) is 6.07 Å². The number of aliphatic hydroxyl groups excluding tert-OH is 1. The molecule has 0 aromatic carbocycles. The highest BCUT2D eigenvalue weighted by molar-refractivity contribution is 5.50. The topological polar surface area (TPSA) is 85.2 Å². The van der Waals surface area contributed by atoms with Crippen LogP contribution in [0.15, 0.2) is 6.07 Å². The Morgan fingerprint density at radius 1 is 1.50 bits per heavy atom. The third-order valence-electron chi connectivity index (χ3n) is 1.80. The van der Waals surface area contributed by atoms with Crippen LogP contribution in [-0.4, -0.2) is 10.1 Å². The fourth-order valence-corrected chi connectivity index (χ4v) is 1.18. The number of nitrogens with zero attached hydrogens (tertiary/aromatic N) is 1. The van der Waals surface area contributed by atoms with Crippen molar-refractivity contribution < 1.29 is 13.9 Å². The Balaban J connectivity index is 3.27. The summed E-state index contributed by atoms with van der Waals surface area (Å²) in [4.78, 5) is 3.76. The number of rotatable bonds is 3. The second-order valence-electron chi connectivity index (χ2n) is 2.73. The predicted octanol–water partition coefficient (Wildman–Crippen LogP) is 0.552. The number of hydrogen-bond acceptors (Lipinski definition) is 4. The van der Waals surface area contributed by atoms with Gasteiger partial charge in [0.15, 0.2) is 0 Å². The molecule has 14 heavy (non-hydrogen) atoms. The smallest absolute Gasteiger partial charge is 0.267 e. The third kappa shape index (κ3) is 1.97. The van der Waals surface area contributed by atoms with Gasteiger partial charge in [-0.15, -0.1) is 0 Å². The summed E-state index contributed by atoms with van der Waals surface area (Å²) in [5.74, 6) is 0. The van der Waals surface area contributed by atoms with E-state index >= 15 is 0 Å². The SMILES string of the molecule is NCc1nc(CO)cc(N)c1C(F)F. The first kappa shape index (κ1) is 10.8. The highest BCUT2D eigenvalue weighted by Gasteiger charge is 2.17. The van der Waals surface area contributed by atoms with Gasteiger partial charge in [0.25, 0.3) is 6.43 Å². The molecule has 78 valence electrons. The molecule has 5 N–H and O–H groups in total. The molecule has 0 bridgehead atoms. The van der Waals surface area contributed by atoms with Crippen LogP contribution in [0.3, 0.4) is 0 Å². The first-order valence-electron chi connectivity index (χ1n) is 3.97. The molecule has 1 rings (SSSR count). The van der Waals surface area contributed by atoms with Crippen LogP contribution in [0.1, 0.15) is 23.4 Å². The summed E-state index contributed by atoms with van der Waals surface area (Å²) >= 11 is 0. The van der Waals surface area contributed by atoms with Gasteiger partial charge in [-0.3, -0.25) is 4.98 Å². The number of halogens is 2. The first-order chi connectivity index (χ1) is 6.60. The molecule has 0 saturated carbocycles. The summed E-state index contributed by atoms with van der Waals surface area (Å²) in [5.41, 5.74) is 10.5. The van der Waals surface area contributed by atoms with Crippen molar-refractivity contribution >= 4 is 5.69 Å². The van der Waals surface area contributed by atoms with Gasteiger partial charge in [0.1, 0.15) is 0 Å². The molecule has 1 aromatic heterocycles. The largest absolute Gasteiger partial charge is 0.398 e. The molecule has 0 saturated heterocycles. The van der Waals surface area contributed by atoms with Gasteiger partial charge in [-0.1, -0.05) is 0 Å². The Morgan fingerprint density at radius 2 is 2.14 bits per heavy atom. The zero-order valence-corrected chi connectivity index (χ0v) is 7.37. The van der Waals surface area contributed by atoms with Crippen molar-refractivity contribution in [3.8, 4) is 0 Å². The minimum Gasteiger partial charge on any atom is -0.398 e. The monoisotopic (exact) mass is 203 g/mol. The van der Waals surface area contributed by atoms with Gasteiger partial charge >= 0.3 is 0 Å². The minimum absolute atomic E-state index is 0.0315. The van der Waals surface area contributed by atoms with Crippen LogP contribution in [-0.2, 0) is 13.2 Å². The molecule has 0 aliphatic rings. The van der Waals surface area contributed by atoms with E-state index in [2.05, 4.69) is 4.98 Å². The minimum atomic E-state index is -2.70. The van der Waals surface area contributed by atoms with E-state index in [1.807, 2.05) is 0 Å². The summed E-state index contributed by atoms with van der Waals surface area (Å²) in [6, 6.07) is 1.22. The molecule has 1 aromatic rings. The van der Waals surface area contributed by atoms with E-state index in [1.165, 1.54) is 6.07 Å². The number of anilines is 1. The van der Waals surface area contributed by atoms with Crippen molar-refractivity contribution in [1.82, 2.24) is 4.98 Å². The van der Waals surface area contributed by atoms with Crippen LogP contribution in [0.2, 0.25) is 0 Å². The summed E-state index contributed by atoms with van der Waals surface area (Å²) in [6.45, 7) is -0.474. The predicted molar refractivity (Wildman–Crippen MR) is 47.4 cm³/mol. The lowest BCUT2D eigenvalue weighted by Gasteiger charge is -2.10. The number of pyridine rings is 1. The third-order valence-corrected chi connectivity index (χ3v) is 1.80. The van der Waals surface area contributed by atoms with Gasteiger partial charge in [0, 0.05) is 12.2 Å². The average molecular weight is 203 g/mol. The van der Waals surface area contributed by atoms with Crippen LogP contribution >= 0.6 is 0 Å². The van der Waals surface area contributed by atoms with Crippen LogP contribution in [0, 0.1) is 0 Å². The van der Waals surface area contributed by atoms with Gasteiger partial charge in [0.05, 0.1) is 23.6 Å². The highest BCUT2D eigenvalue weighted by Crippen LogP contribution is 2.28. The lowest BCUT2D eigenvalue weighted by molar-refractivity contribution is 0.150. The van der Waals surface area contributed by atoms with E-state index < -0.39 is 6.43 Å². The Bertz CT molecular complexity index is 331. The zero-order chi connectivity index (χ0) is 10.7. The van der Waals surface area contributed by atoms with Gasteiger partial charge in [0.2, 0.25) is 0 Å². The summed E-state index contributed by atoms with van der Waals surface area (Å²) in [5, 5.41) is 8.77. The van der Waals surface area contributed by atoms with Gasteiger partial charge < -0.3 is 16.6 Å². The number of aromatic nitrogens is 1. The van der Waals surface area contributed by atoms with Crippen LogP contribution < -0.4 is 11.5 Å². The Labute approximate surface area is 79.6 Å². The molecule has 1 heterocycles. The molecule has 4 nitrogen and oxygen atoms in total. The average Bonchev–Trinajstić information content (AvgIpc) is 2.15. The molecule has 0 unspecified atom stereocenters. The number of nitrogen functional groups attached to an aromatic ring is 1. The van der Waals surface area contributed by atoms with E-state index in [-0.39, 0.29) is 35.8 Å². The Hall–Kier alpha value is -1.27. The molecule has 0 atom stereocenters. The molecule has 0 aliphatic heterocycles. The van der Waals surface area contributed by atoms with Gasteiger partial charge in [-0.2, -0.15) is 0 Å². The van der Waals surface area contributed by atoms with E-state index in [0.717, 1.165) is 0 Å². The van der Waals surface area contributed by atoms with Crippen LogP contribution in [0.5, 0.6) is 0 Å². The van der Waals surface area contributed by atoms with Crippen LogP contribution in [0.25, 0.3) is 0 Å². The quantitative estimate of drug-likeness (QED) is 0.669. The maximum Gasteiger partial charge on any atom is 0.267 e. The molecule has 0 fully saturated rings. The molecule has 0 spiro atoms. The lowest BCUT2D eigenvalue weighted by atomic mass is 10.1. The second kappa shape index (κ2) is 4.30. The van der Waals surface area contributed by atoms with E-state index in [4.69, 9.17) is 16.6 Å².